The number of hydrogen-bond donors (Lipinski definition) is 0. The number of ether oxygens (including phenoxy) is 4. The Bertz CT molecular complexity index is 661. The molecule has 0 aromatic heterocycles. The Morgan fingerprint density at radius 1 is 1.08 bits per heavy atom. The molecule has 26 heavy (non-hydrogen) atoms. The number of hydrogen-bond acceptors (Lipinski definition) is 7. The molecule has 1 heterocycles. The van der Waals surface area contributed by atoms with Crippen molar-refractivity contribution in [2.45, 2.75) is 25.7 Å². The highest BCUT2D eigenvalue weighted by molar-refractivity contribution is 5.97. The fourth-order valence-electron chi connectivity index (χ4n) is 2.73. The van der Waals surface area contributed by atoms with Crippen LogP contribution in [0.2, 0.25) is 0 Å². The van der Waals surface area contributed by atoms with E-state index in [-0.39, 0.29) is 12.3 Å². The molecule has 1 aromatic carbocycles. The van der Waals surface area contributed by atoms with E-state index in [1.165, 1.54) is 21.3 Å². The number of amides is 2. The molecule has 0 bridgehead atoms. The minimum Gasteiger partial charge on any atom is -0.493 e. The summed E-state index contributed by atoms with van der Waals surface area (Å²) in [6, 6.07) is 3.51. The molecule has 1 aliphatic heterocycles. The van der Waals surface area contributed by atoms with Gasteiger partial charge in [-0.15, -0.1) is 0 Å². The number of imide groups is 1. The van der Waals surface area contributed by atoms with Crippen LogP contribution in [0.1, 0.15) is 24.8 Å². The Balaban J connectivity index is 1.88. The Kier molecular flexibility index (Phi) is 6.82. The molecular weight excluding hydrogens is 342 g/mol. The van der Waals surface area contributed by atoms with Crippen molar-refractivity contribution in [2.75, 3.05) is 34.5 Å². The van der Waals surface area contributed by atoms with Crippen molar-refractivity contribution in [3.8, 4) is 17.2 Å². The monoisotopic (exact) mass is 365 g/mol. The normalized spacial score (nSPS) is 13.5. The number of rotatable bonds is 8. The van der Waals surface area contributed by atoms with Crippen LogP contribution in [-0.2, 0) is 25.5 Å². The first kappa shape index (κ1) is 19.6. The molecule has 2 rings (SSSR count). The standard InChI is InChI=1S/C18H23NO7/c1-23-13-9-12(10-14(24-2)18(13)25-3)6-7-17(22)26-11-16(21)19-8-4-5-15(19)20/h9-10H,4-8,11H2,1-3H3. The summed E-state index contributed by atoms with van der Waals surface area (Å²) in [6.45, 7) is -0.0273. The molecule has 142 valence electrons. The van der Waals surface area contributed by atoms with Gasteiger partial charge in [-0.2, -0.15) is 0 Å². The zero-order valence-corrected chi connectivity index (χ0v) is 15.2. The smallest absolute Gasteiger partial charge is 0.306 e. The van der Waals surface area contributed by atoms with Crippen LogP contribution in [0.5, 0.6) is 17.2 Å². The van der Waals surface area contributed by atoms with Gasteiger partial charge in [0.1, 0.15) is 0 Å². The summed E-state index contributed by atoms with van der Waals surface area (Å²) in [6.07, 6.45) is 1.48. The number of esters is 1. The molecular formula is C18H23NO7. The van der Waals surface area contributed by atoms with Crippen LogP contribution >= 0.6 is 0 Å². The van der Waals surface area contributed by atoms with Crippen LogP contribution < -0.4 is 14.2 Å². The quantitative estimate of drug-likeness (QED) is 0.642. The third kappa shape index (κ3) is 4.65. The summed E-state index contributed by atoms with van der Waals surface area (Å²) < 4.78 is 20.8. The maximum Gasteiger partial charge on any atom is 0.306 e. The third-order valence-corrected chi connectivity index (χ3v) is 4.07. The van der Waals surface area contributed by atoms with Crippen LogP contribution in [-0.4, -0.2) is 57.2 Å². The van der Waals surface area contributed by atoms with Gasteiger partial charge < -0.3 is 18.9 Å². The fourth-order valence-corrected chi connectivity index (χ4v) is 2.73. The highest BCUT2D eigenvalue weighted by Crippen LogP contribution is 2.38. The van der Waals surface area contributed by atoms with E-state index in [2.05, 4.69) is 0 Å². The van der Waals surface area contributed by atoms with E-state index in [9.17, 15) is 14.4 Å². The number of aryl methyl sites for hydroxylation is 1. The lowest BCUT2D eigenvalue weighted by molar-refractivity contribution is -0.154. The second-order valence-electron chi connectivity index (χ2n) is 5.74. The predicted molar refractivity (Wildman–Crippen MR) is 91.3 cm³/mol. The van der Waals surface area contributed by atoms with Gasteiger partial charge in [-0.05, 0) is 30.5 Å². The maximum atomic E-state index is 11.9. The number of likely N-dealkylation sites (tertiary alicyclic amines) is 1. The summed E-state index contributed by atoms with van der Waals surface area (Å²) in [4.78, 5) is 36.3. The third-order valence-electron chi connectivity index (χ3n) is 4.07. The average molecular weight is 365 g/mol. The zero-order valence-electron chi connectivity index (χ0n) is 15.2. The molecule has 2 amide bonds. The van der Waals surface area contributed by atoms with Gasteiger partial charge in [0.05, 0.1) is 21.3 Å². The van der Waals surface area contributed by atoms with Crippen molar-refractivity contribution in [1.82, 2.24) is 4.90 Å². The summed E-state index contributed by atoms with van der Waals surface area (Å²) in [5.74, 6) is 0.258. The molecule has 1 saturated heterocycles. The Labute approximate surface area is 152 Å². The van der Waals surface area contributed by atoms with Gasteiger partial charge in [-0.25, -0.2) is 0 Å². The van der Waals surface area contributed by atoms with Gasteiger partial charge in [0.15, 0.2) is 18.1 Å². The van der Waals surface area contributed by atoms with Gasteiger partial charge in [-0.3, -0.25) is 19.3 Å². The van der Waals surface area contributed by atoms with Gasteiger partial charge in [0.2, 0.25) is 11.7 Å². The van der Waals surface area contributed by atoms with Crippen molar-refractivity contribution in [2.24, 2.45) is 0 Å². The van der Waals surface area contributed by atoms with Crippen molar-refractivity contribution in [1.29, 1.82) is 0 Å². The topological polar surface area (TPSA) is 91.4 Å². The number of benzene rings is 1. The first-order valence-electron chi connectivity index (χ1n) is 8.27. The first-order chi connectivity index (χ1) is 12.5. The average Bonchev–Trinajstić information content (AvgIpc) is 3.09. The fraction of sp³-hybridized carbons (Fsp3) is 0.500. The van der Waals surface area contributed by atoms with Gasteiger partial charge in [0.25, 0.3) is 5.91 Å². The van der Waals surface area contributed by atoms with Crippen LogP contribution in [0.15, 0.2) is 12.1 Å². The Morgan fingerprint density at radius 3 is 2.23 bits per heavy atom. The van der Waals surface area contributed by atoms with E-state index in [0.717, 1.165) is 10.5 Å². The number of methoxy groups -OCH3 is 3. The lowest BCUT2D eigenvalue weighted by atomic mass is 10.1. The maximum absolute atomic E-state index is 11.9. The highest BCUT2D eigenvalue weighted by Gasteiger charge is 2.26. The lowest BCUT2D eigenvalue weighted by Crippen LogP contribution is -2.35. The minimum absolute atomic E-state index is 0.0832. The molecule has 8 nitrogen and oxygen atoms in total. The number of nitrogens with zero attached hydrogens (tertiary/aromatic N) is 1. The summed E-state index contributed by atoms with van der Waals surface area (Å²) in [5, 5.41) is 0. The SMILES string of the molecule is COc1cc(CCC(=O)OCC(=O)N2CCCC2=O)cc(OC)c1OC. The predicted octanol–water partition coefficient (Wildman–Crippen LogP) is 1.34. The van der Waals surface area contributed by atoms with Gasteiger partial charge >= 0.3 is 5.97 Å². The van der Waals surface area contributed by atoms with Crippen LogP contribution in [0, 0.1) is 0 Å². The van der Waals surface area contributed by atoms with Crippen LogP contribution in [0.4, 0.5) is 0 Å². The molecule has 0 atom stereocenters. The molecule has 1 aliphatic rings. The van der Waals surface area contributed by atoms with Crippen molar-refractivity contribution in [3.63, 3.8) is 0 Å². The number of carbonyl (C=O) groups is 3. The molecule has 8 heteroatoms. The van der Waals surface area contributed by atoms with Gasteiger partial charge in [-0.1, -0.05) is 0 Å². The second-order valence-corrected chi connectivity index (χ2v) is 5.74. The molecule has 1 aromatic rings. The van der Waals surface area contributed by atoms with Crippen LogP contribution in [0.3, 0.4) is 0 Å². The Hall–Kier alpha value is -2.77. The molecule has 0 radical (unpaired) electrons. The van der Waals surface area contributed by atoms with E-state index in [1.54, 1.807) is 12.1 Å². The second kappa shape index (κ2) is 9.07. The van der Waals surface area contributed by atoms with Crippen molar-refractivity contribution in [3.05, 3.63) is 17.7 Å². The molecule has 0 N–H and O–H groups in total. The van der Waals surface area contributed by atoms with E-state index in [1.807, 2.05) is 0 Å². The zero-order chi connectivity index (χ0) is 19.1. The largest absolute Gasteiger partial charge is 0.493 e. The van der Waals surface area contributed by atoms with E-state index < -0.39 is 18.5 Å². The molecule has 0 saturated carbocycles. The molecule has 0 spiro atoms. The minimum atomic E-state index is -0.515. The van der Waals surface area contributed by atoms with E-state index in [4.69, 9.17) is 18.9 Å². The highest BCUT2D eigenvalue weighted by atomic mass is 16.5. The summed E-state index contributed by atoms with van der Waals surface area (Å²) >= 11 is 0. The molecule has 0 aliphatic carbocycles. The van der Waals surface area contributed by atoms with Gasteiger partial charge in [0, 0.05) is 19.4 Å². The summed E-state index contributed by atoms with van der Waals surface area (Å²) in [5.41, 5.74) is 0.803. The number of carbonyl (C=O) groups excluding carboxylic acids is 3. The van der Waals surface area contributed by atoms with E-state index in [0.29, 0.717) is 43.1 Å². The molecule has 1 fully saturated rings. The van der Waals surface area contributed by atoms with E-state index >= 15 is 0 Å². The Morgan fingerprint density at radius 2 is 1.73 bits per heavy atom. The molecule has 0 unspecified atom stereocenters. The van der Waals surface area contributed by atoms with Crippen molar-refractivity contribution < 1.29 is 33.3 Å². The first-order valence-corrected chi connectivity index (χ1v) is 8.27. The van der Waals surface area contributed by atoms with Crippen LogP contribution in [0.25, 0.3) is 0 Å². The lowest BCUT2D eigenvalue weighted by Gasteiger charge is -2.14. The summed E-state index contributed by atoms with van der Waals surface area (Å²) in [7, 11) is 4.54. The van der Waals surface area contributed by atoms with Crippen molar-refractivity contribution >= 4 is 17.8 Å².